The van der Waals surface area contributed by atoms with Crippen LogP contribution in [0.5, 0.6) is 0 Å². The predicted octanol–water partition coefficient (Wildman–Crippen LogP) is 14.6. The topological polar surface area (TPSA) is 19.6 Å². The largest absolute Gasteiger partial charge is 0.456 e. The second kappa shape index (κ2) is 12.6. The Hall–Kier alpha value is -6.62. The third kappa shape index (κ3) is 5.29. The molecule has 0 saturated carbocycles. The number of nitrogens with zero attached hydrogens (tertiary/aromatic N) is 2. The van der Waals surface area contributed by atoms with Crippen LogP contribution in [0.2, 0.25) is 0 Å². The lowest BCUT2D eigenvalue weighted by Gasteiger charge is -2.26. The standard InChI is InChI=1S/C48H32N2OS/c1-4-13-33(14-5-1)34-15-12-20-37(29-34)50(39-23-26-42-41-21-10-11-22-45(41)51-46(42)31-39)40-24-27-43-44-30-38(25-28-47(44)52-48(43)32-40)49(35-16-6-2-7-17-35)36-18-8-3-9-19-36/h1-32H. The van der Waals surface area contributed by atoms with Gasteiger partial charge in [0.1, 0.15) is 11.2 Å². The summed E-state index contributed by atoms with van der Waals surface area (Å²) in [5, 5.41) is 4.75. The number of fused-ring (bicyclic) bond motifs is 6. The Kier molecular flexibility index (Phi) is 7.33. The van der Waals surface area contributed by atoms with Crippen LogP contribution in [0.25, 0.3) is 53.2 Å². The first-order valence-electron chi connectivity index (χ1n) is 17.5. The molecule has 10 rings (SSSR count). The summed E-state index contributed by atoms with van der Waals surface area (Å²) in [5.74, 6) is 0. The first-order valence-corrected chi connectivity index (χ1v) is 18.3. The molecule has 0 unspecified atom stereocenters. The zero-order valence-corrected chi connectivity index (χ0v) is 29.0. The van der Waals surface area contributed by atoms with E-state index in [0.717, 1.165) is 56.1 Å². The second-order valence-electron chi connectivity index (χ2n) is 13.0. The maximum Gasteiger partial charge on any atom is 0.137 e. The second-order valence-corrected chi connectivity index (χ2v) is 14.1. The van der Waals surface area contributed by atoms with Crippen LogP contribution in [-0.4, -0.2) is 0 Å². The molecule has 2 heterocycles. The van der Waals surface area contributed by atoms with Crippen molar-refractivity contribution in [3.05, 3.63) is 194 Å². The molecular formula is C48H32N2OS. The molecule has 4 heteroatoms. The predicted molar refractivity (Wildman–Crippen MR) is 221 cm³/mol. The van der Waals surface area contributed by atoms with Gasteiger partial charge in [0, 0.05) is 71.1 Å². The molecule has 0 saturated heterocycles. The first kappa shape index (κ1) is 30.2. The molecule has 0 aliphatic carbocycles. The van der Waals surface area contributed by atoms with Crippen LogP contribution in [0, 0.1) is 0 Å². The Morgan fingerprint density at radius 2 is 0.846 bits per heavy atom. The molecule has 0 aliphatic heterocycles. The van der Waals surface area contributed by atoms with Gasteiger partial charge >= 0.3 is 0 Å². The zero-order chi connectivity index (χ0) is 34.4. The molecule has 246 valence electrons. The number of hydrogen-bond acceptors (Lipinski definition) is 4. The van der Waals surface area contributed by atoms with Gasteiger partial charge in [0.05, 0.1) is 0 Å². The normalized spacial score (nSPS) is 11.5. The van der Waals surface area contributed by atoms with Crippen LogP contribution in [0.1, 0.15) is 0 Å². The van der Waals surface area contributed by atoms with Gasteiger partial charge in [-0.3, -0.25) is 0 Å². The number of furan rings is 1. The monoisotopic (exact) mass is 684 g/mol. The zero-order valence-electron chi connectivity index (χ0n) is 28.2. The maximum atomic E-state index is 6.38. The van der Waals surface area contributed by atoms with Crippen LogP contribution in [0.15, 0.2) is 199 Å². The SMILES string of the molecule is c1ccc(-c2cccc(N(c3ccc4c(c3)oc3ccccc34)c3ccc4c(c3)sc3ccc(N(c5ccccc5)c5ccccc5)cc34)c2)cc1. The molecule has 0 atom stereocenters. The molecule has 2 aromatic heterocycles. The minimum Gasteiger partial charge on any atom is -0.456 e. The van der Waals surface area contributed by atoms with E-state index >= 15 is 0 Å². The first-order chi connectivity index (χ1) is 25.8. The lowest BCUT2D eigenvalue weighted by Crippen LogP contribution is -2.10. The Labute approximate surface area is 305 Å². The van der Waals surface area contributed by atoms with Crippen LogP contribution >= 0.6 is 11.3 Å². The van der Waals surface area contributed by atoms with Gasteiger partial charge < -0.3 is 14.2 Å². The van der Waals surface area contributed by atoms with Crippen molar-refractivity contribution in [1.29, 1.82) is 0 Å². The summed E-state index contributed by atoms with van der Waals surface area (Å²) in [7, 11) is 0. The fourth-order valence-electron chi connectivity index (χ4n) is 7.39. The number of hydrogen-bond donors (Lipinski definition) is 0. The van der Waals surface area contributed by atoms with Crippen LogP contribution < -0.4 is 9.80 Å². The molecule has 0 bridgehead atoms. The Bertz CT molecular complexity index is 2820. The van der Waals surface area contributed by atoms with E-state index in [1.165, 1.54) is 31.3 Å². The summed E-state index contributed by atoms with van der Waals surface area (Å²) >= 11 is 1.84. The van der Waals surface area contributed by atoms with Crippen molar-refractivity contribution in [2.75, 3.05) is 9.80 Å². The molecule has 10 aromatic rings. The quantitative estimate of drug-likeness (QED) is 0.167. The summed E-state index contributed by atoms with van der Waals surface area (Å²) in [6.07, 6.45) is 0. The molecule has 0 amide bonds. The summed E-state index contributed by atoms with van der Waals surface area (Å²) < 4.78 is 8.89. The highest BCUT2D eigenvalue weighted by molar-refractivity contribution is 7.25. The van der Waals surface area contributed by atoms with Crippen molar-refractivity contribution in [3.63, 3.8) is 0 Å². The Morgan fingerprint density at radius 3 is 1.62 bits per heavy atom. The summed E-state index contributed by atoms with van der Waals surface area (Å²) in [6, 6.07) is 69.1. The van der Waals surface area contributed by atoms with E-state index in [2.05, 4.69) is 192 Å². The van der Waals surface area contributed by atoms with Crippen molar-refractivity contribution in [3.8, 4) is 11.1 Å². The highest BCUT2D eigenvalue weighted by Crippen LogP contribution is 2.44. The number of anilines is 6. The van der Waals surface area contributed by atoms with E-state index in [0.29, 0.717) is 0 Å². The van der Waals surface area contributed by atoms with Crippen molar-refractivity contribution < 1.29 is 4.42 Å². The molecule has 0 radical (unpaired) electrons. The Balaban J connectivity index is 1.12. The molecular weight excluding hydrogens is 653 g/mol. The highest BCUT2D eigenvalue weighted by Gasteiger charge is 2.19. The lowest BCUT2D eigenvalue weighted by molar-refractivity contribution is 0.669. The van der Waals surface area contributed by atoms with Crippen LogP contribution in [-0.2, 0) is 0 Å². The molecule has 52 heavy (non-hydrogen) atoms. The summed E-state index contributed by atoms with van der Waals surface area (Å²) in [5.41, 5.74) is 10.7. The third-order valence-electron chi connectivity index (χ3n) is 9.82. The number of thiophene rings is 1. The fraction of sp³-hybridized carbons (Fsp3) is 0. The van der Waals surface area contributed by atoms with Gasteiger partial charge in [-0.1, -0.05) is 103 Å². The number of para-hydroxylation sites is 3. The van der Waals surface area contributed by atoms with Crippen molar-refractivity contribution in [2.24, 2.45) is 0 Å². The van der Waals surface area contributed by atoms with Gasteiger partial charge in [-0.25, -0.2) is 0 Å². The summed E-state index contributed by atoms with van der Waals surface area (Å²) in [6.45, 7) is 0. The van der Waals surface area contributed by atoms with E-state index in [-0.39, 0.29) is 0 Å². The average Bonchev–Trinajstić information content (AvgIpc) is 3.77. The van der Waals surface area contributed by atoms with Gasteiger partial charge in [0.15, 0.2) is 0 Å². The van der Waals surface area contributed by atoms with Gasteiger partial charge in [0.2, 0.25) is 0 Å². The number of benzene rings is 8. The fourth-order valence-corrected chi connectivity index (χ4v) is 8.51. The van der Waals surface area contributed by atoms with E-state index < -0.39 is 0 Å². The molecule has 0 aliphatic rings. The minimum atomic E-state index is 0.875. The maximum absolute atomic E-state index is 6.38. The van der Waals surface area contributed by atoms with E-state index in [4.69, 9.17) is 4.42 Å². The van der Waals surface area contributed by atoms with E-state index in [9.17, 15) is 0 Å². The highest BCUT2D eigenvalue weighted by atomic mass is 32.1. The smallest absolute Gasteiger partial charge is 0.137 e. The molecule has 0 fully saturated rings. The van der Waals surface area contributed by atoms with Crippen molar-refractivity contribution in [1.82, 2.24) is 0 Å². The van der Waals surface area contributed by atoms with Gasteiger partial charge in [-0.05, 0) is 96.1 Å². The van der Waals surface area contributed by atoms with Crippen LogP contribution in [0.4, 0.5) is 34.1 Å². The van der Waals surface area contributed by atoms with Gasteiger partial charge in [-0.2, -0.15) is 0 Å². The lowest BCUT2D eigenvalue weighted by atomic mass is 10.0. The molecule has 3 nitrogen and oxygen atoms in total. The Morgan fingerprint density at radius 1 is 0.308 bits per heavy atom. The summed E-state index contributed by atoms with van der Waals surface area (Å²) in [4.78, 5) is 4.67. The third-order valence-corrected chi connectivity index (χ3v) is 10.9. The molecule has 0 spiro atoms. The minimum absolute atomic E-state index is 0.875. The van der Waals surface area contributed by atoms with Gasteiger partial charge in [-0.15, -0.1) is 11.3 Å². The van der Waals surface area contributed by atoms with E-state index in [1.54, 1.807) is 0 Å². The van der Waals surface area contributed by atoms with Gasteiger partial charge in [0.25, 0.3) is 0 Å². The number of rotatable bonds is 7. The van der Waals surface area contributed by atoms with E-state index in [1.807, 2.05) is 23.5 Å². The molecule has 8 aromatic carbocycles. The van der Waals surface area contributed by atoms with Crippen molar-refractivity contribution >= 4 is 87.6 Å². The average molecular weight is 685 g/mol. The molecule has 0 N–H and O–H groups in total. The van der Waals surface area contributed by atoms with Crippen LogP contribution in [0.3, 0.4) is 0 Å². The van der Waals surface area contributed by atoms with Crippen molar-refractivity contribution in [2.45, 2.75) is 0 Å².